The van der Waals surface area contributed by atoms with E-state index in [-0.39, 0.29) is 5.91 Å². The van der Waals surface area contributed by atoms with E-state index in [4.69, 9.17) is 21.1 Å². The van der Waals surface area contributed by atoms with Gasteiger partial charge in [-0.3, -0.25) is 14.5 Å². The monoisotopic (exact) mass is 418 g/mol. The number of hydrogen-bond donors (Lipinski definition) is 1. The van der Waals surface area contributed by atoms with Crippen molar-refractivity contribution in [1.82, 2.24) is 14.4 Å². The van der Waals surface area contributed by atoms with Crippen molar-refractivity contribution < 1.29 is 14.3 Å². The Morgan fingerprint density at radius 2 is 2.07 bits per heavy atom. The van der Waals surface area contributed by atoms with Crippen molar-refractivity contribution in [1.29, 1.82) is 0 Å². The maximum atomic E-state index is 12.3. The first-order chi connectivity index (χ1) is 13.2. The van der Waals surface area contributed by atoms with Crippen LogP contribution in [0.3, 0.4) is 0 Å². The molecular formula is C17H11ClN4O3S2. The summed E-state index contributed by atoms with van der Waals surface area (Å²) in [6, 6.07) is 3.71. The number of hydrogen-bond acceptors (Lipinski definition) is 7. The predicted octanol–water partition coefficient (Wildman–Crippen LogP) is 4.08. The maximum Gasteiger partial charge on any atom is 0.250 e. The smallest absolute Gasteiger partial charge is 0.250 e. The topological polar surface area (TPSA) is 77.8 Å². The Labute approximate surface area is 165 Å². The van der Waals surface area contributed by atoms with Crippen LogP contribution in [0.15, 0.2) is 29.8 Å². The molecule has 0 saturated carbocycles. The van der Waals surface area contributed by atoms with E-state index in [9.17, 15) is 4.79 Å². The van der Waals surface area contributed by atoms with Crippen molar-refractivity contribution in [2.75, 3.05) is 18.5 Å². The van der Waals surface area contributed by atoms with Crippen molar-refractivity contribution in [2.45, 2.75) is 0 Å². The molecule has 27 heavy (non-hydrogen) atoms. The number of ether oxygens (including phenoxy) is 2. The molecule has 3 aromatic heterocycles. The van der Waals surface area contributed by atoms with Gasteiger partial charge in [-0.1, -0.05) is 22.9 Å². The number of thiazole rings is 2. The van der Waals surface area contributed by atoms with Gasteiger partial charge in [0.2, 0.25) is 5.91 Å². The second kappa shape index (κ2) is 6.52. The number of nitrogens with one attached hydrogen (secondary N) is 1. The van der Waals surface area contributed by atoms with Crippen LogP contribution in [0, 0.1) is 0 Å². The summed E-state index contributed by atoms with van der Waals surface area (Å²) < 4.78 is 13.9. The van der Waals surface area contributed by atoms with Gasteiger partial charge in [0.05, 0.1) is 15.9 Å². The Hall–Kier alpha value is -2.62. The summed E-state index contributed by atoms with van der Waals surface area (Å²) in [5, 5.41) is 5.54. The van der Waals surface area contributed by atoms with Crippen LogP contribution in [0.2, 0.25) is 5.15 Å². The number of aromatic nitrogens is 3. The van der Waals surface area contributed by atoms with E-state index < -0.39 is 0 Å². The molecule has 0 atom stereocenters. The number of imidazole rings is 1. The Bertz CT molecular complexity index is 1170. The summed E-state index contributed by atoms with van der Waals surface area (Å²) in [7, 11) is 0. The Balaban J connectivity index is 1.37. The van der Waals surface area contributed by atoms with Gasteiger partial charge in [0.25, 0.3) is 0 Å². The SMILES string of the molecule is O=C(/C=C/c1c(Cl)nc2sccn12)Nc1nc2cc3c(cc2s1)OCCO3. The van der Waals surface area contributed by atoms with Gasteiger partial charge in [0.1, 0.15) is 13.2 Å². The zero-order valence-corrected chi connectivity index (χ0v) is 16.0. The van der Waals surface area contributed by atoms with Crippen LogP contribution in [0.25, 0.3) is 21.3 Å². The van der Waals surface area contributed by atoms with E-state index in [1.54, 1.807) is 6.08 Å². The fourth-order valence-corrected chi connectivity index (χ4v) is 4.63. The molecule has 0 saturated heterocycles. The predicted molar refractivity (Wildman–Crippen MR) is 106 cm³/mol. The van der Waals surface area contributed by atoms with Crippen molar-refractivity contribution in [3.05, 3.63) is 40.6 Å². The van der Waals surface area contributed by atoms with Crippen LogP contribution in [0.5, 0.6) is 11.5 Å². The molecule has 0 unspecified atom stereocenters. The average molecular weight is 419 g/mol. The van der Waals surface area contributed by atoms with E-state index in [2.05, 4.69) is 15.3 Å². The quantitative estimate of drug-likeness (QED) is 0.507. The molecule has 4 heterocycles. The molecule has 4 aromatic rings. The lowest BCUT2D eigenvalue weighted by Gasteiger charge is -2.17. The number of rotatable bonds is 3. The van der Waals surface area contributed by atoms with E-state index >= 15 is 0 Å². The highest BCUT2D eigenvalue weighted by Gasteiger charge is 2.16. The minimum Gasteiger partial charge on any atom is -0.486 e. The molecule has 0 bridgehead atoms. The van der Waals surface area contributed by atoms with Gasteiger partial charge < -0.3 is 9.47 Å². The van der Waals surface area contributed by atoms with Crippen LogP contribution in [-0.2, 0) is 4.79 Å². The molecule has 10 heteroatoms. The molecule has 1 aliphatic rings. The Morgan fingerprint density at radius 3 is 2.93 bits per heavy atom. The third kappa shape index (κ3) is 3.03. The summed E-state index contributed by atoms with van der Waals surface area (Å²) in [4.78, 5) is 21.7. The number of nitrogens with zero attached hydrogens (tertiary/aromatic N) is 3. The molecule has 136 valence electrons. The fourth-order valence-electron chi connectivity index (χ4n) is 2.75. The fraction of sp³-hybridized carbons (Fsp3) is 0.118. The molecule has 0 fully saturated rings. The lowest BCUT2D eigenvalue weighted by atomic mass is 10.3. The van der Waals surface area contributed by atoms with Crippen molar-refractivity contribution in [3.8, 4) is 11.5 Å². The molecule has 5 rings (SSSR count). The third-order valence-electron chi connectivity index (χ3n) is 3.93. The van der Waals surface area contributed by atoms with Crippen LogP contribution in [0.1, 0.15) is 5.69 Å². The standard InChI is InChI=1S/C17H11ClN4O3S2/c18-15-10(22-3-6-26-17(22)21-15)1-2-14(23)20-16-19-9-7-11-12(8-13(9)27-16)25-5-4-24-11/h1-3,6-8H,4-5H2,(H,19,20,23)/b2-1+. The summed E-state index contributed by atoms with van der Waals surface area (Å²) in [6.45, 7) is 1.05. The number of halogens is 1. The number of amides is 1. The summed E-state index contributed by atoms with van der Waals surface area (Å²) in [6.07, 6.45) is 4.91. The van der Waals surface area contributed by atoms with Crippen molar-refractivity contribution in [3.63, 3.8) is 0 Å². The van der Waals surface area contributed by atoms with E-state index in [0.717, 1.165) is 15.2 Å². The zero-order valence-electron chi connectivity index (χ0n) is 13.6. The molecule has 0 radical (unpaired) electrons. The normalized spacial score (nSPS) is 13.7. The largest absolute Gasteiger partial charge is 0.486 e. The Morgan fingerprint density at radius 1 is 1.26 bits per heavy atom. The summed E-state index contributed by atoms with van der Waals surface area (Å²) in [5.41, 5.74) is 1.41. The van der Waals surface area contributed by atoms with Gasteiger partial charge in [-0.25, -0.2) is 9.97 Å². The molecule has 1 aromatic carbocycles. The first-order valence-electron chi connectivity index (χ1n) is 7.98. The number of carbonyl (C=O) groups is 1. The first-order valence-corrected chi connectivity index (χ1v) is 10.0. The molecule has 7 nitrogen and oxygen atoms in total. The molecule has 1 aliphatic heterocycles. The highest BCUT2D eigenvalue weighted by molar-refractivity contribution is 7.22. The minimum absolute atomic E-state index is 0.299. The van der Waals surface area contributed by atoms with Crippen molar-refractivity contribution >= 4 is 66.6 Å². The zero-order chi connectivity index (χ0) is 18.4. The van der Waals surface area contributed by atoms with E-state index in [0.29, 0.717) is 40.7 Å². The molecule has 0 spiro atoms. The highest BCUT2D eigenvalue weighted by atomic mass is 35.5. The van der Waals surface area contributed by atoms with Gasteiger partial charge in [-0.05, 0) is 6.08 Å². The average Bonchev–Trinajstić information content (AvgIpc) is 3.32. The molecule has 0 aliphatic carbocycles. The maximum absolute atomic E-state index is 12.3. The number of benzene rings is 1. The van der Waals surface area contributed by atoms with Crippen LogP contribution in [0.4, 0.5) is 5.13 Å². The summed E-state index contributed by atoms with van der Waals surface area (Å²) >= 11 is 8.98. The highest BCUT2D eigenvalue weighted by Crippen LogP contribution is 2.37. The second-order valence-electron chi connectivity index (χ2n) is 5.65. The van der Waals surface area contributed by atoms with Crippen LogP contribution < -0.4 is 14.8 Å². The Kier molecular flexibility index (Phi) is 4.00. The van der Waals surface area contributed by atoms with Crippen LogP contribution in [-0.4, -0.2) is 33.5 Å². The molecule has 1 amide bonds. The molecule has 1 N–H and O–H groups in total. The number of carbonyl (C=O) groups excluding carboxylic acids is 1. The van der Waals surface area contributed by atoms with Crippen LogP contribution >= 0.6 is 34.3 Å². The van der Waals surface area contributed by atoms with Gasteiger partial charge in [0.15, 0.2) is 26.7 Å². The lowest BCUT2D eigenvalue weighted by molar-refractivity contribution is -0.111. The second-order valence-corrected chi connectivity index (χ2v) is 7.91. The minimum atomic E-state index is -0.299. The number of anilines is 1. The number of fused-ring (bicyclic) bond motifs is 3. The van der Waals surface area contributed by atoms with Gasteiger partial charge in [0, 0.05) is 29.8 Å². The van der Waals surface area contributed by atoms with Gasteiger partial charge in [-0.15, -0.1) is 11.3 Å². The van der Waals surface area contributed by atoms with Gasteiger partial charge in [-0.2, -0.15) is 0 Å². The third-order valence-corrected chi connectivity index (χ3v) is 5.90. The van der Waals surface area contributed by atoms with Crippen molar-refractivity contribution in [2.24, 2.45) is 0 Å². The van der Waals surface area contributed by atoms with E-state index in [1.807, 2.05) is 28.1 Å². The lowest BCUT2D eigenvalue weighted by Crippen LogP contribution is -2.15. The van der Waals surface area contributed by atoms with E-state index in [1.165, 1.54) is 28.7 Å². The summed E-state index contributed by atoms with van der Waals surface area (Å²) in [5.74, 6) is 1.07. The van der Waals surface area contributed by atoms with Gasteiger partial charge >= 0.3 is 0 Å². The first kappa shape index (κ1) is 16.5. The molecular weight excluding hydrogens is 408 g/mol.